The molecule has 0 spiro atoms. The summed E-state index contributed by atoms with van der Waals surface area (Å²) in [6, 6.07) is 6.03. The van der Waals surface area contributed by atoms with E-state index in [9.17, 15) is 0 Å². The number of ether oxygens (including phenoxy) is 2. The third kappa shape index (κ3) is 5.79. The van der Waals surface area contributed by atoms with Gasteiger partial charge in [0.1, 0.15) is 0 Å². The number of nitrogens with one attached hydrogen (secondary N) is 1. The van der Waals surface area contributed by atoms with Crippen molar-refractivity contribution in [1.29, 1.82) is 0 Å². The fourth-order valence-electron chi connectivity index (χ4n) is 1.56. The van der Waals surface area contributed by atoms with Crippen molar-refractivity contribution in [2.45, 2.75) is 39.3 Å². The van der Waals surface area contributed by atoms with Gasteiger partial charge in [-0.3, -0.25) is 0 Å². The standard InChI is InChI=1S/C16H25NO2/c1-6-7-10-19-15-11-13(8-9-14(15)18-5)12-17-16(2,3)4/h6,8-9,11,17H,1,7,10,12H2,2-5H3. The summed E-state index contributed by atoms with van der Waals surface area (Å²) in [7, 11) is 1.66. The number of methoxy groups -OCH3 is 1. The van der Waals surface area contributed by atoms with Crippen LogP contribution in [0.5, 0.6) is 11.5 Å². The first-order chi connectivity index (χ1) is 8.96. The van der Waals surface area contributed by atoms with E-state index in [1.54, 1.807) is 7.11 Å². The lowest BCUT2D eigenvalue weighted by Crippen LogP contribution is -2.35. The van der Waals surface area contributed by atoms with E-state index in [0.717, 1.165) is 24.5 Å². The topological polar surface area (TPSA) is 30.5 Å². The molecule has 0 unspecified atom stereocenters. The molecule has 1 aromatic carbocycles. The first-order valence-corrected chi connectivity index (χ1v) is 6.62. The average Bonchev–Trinajstić information content (AvgIpc) is 2.36. The van der Waals surface area contributed by atoms with Gasteiger partial charge in [-0.2, -0.15) is 0 Å². The van der Waals surface area contributed by atoms with Gasteiger partial charge in [0.15, 0.2) is 11.5 Å². The first-order valence-electron chi connectivity index (χ1n) is 6.62. The van der Waals surface area contributed by atoms with Gasteiger partial charge in [0.2, 0.25) is 0 Å². The summed E-state index contributed by atoms with van der Waals surface area (Å²) in [6.45, 7) is 11.6. The van der Waals surface area contributed by atoms with Crippen LogP contribution >= 0.6 is 0 Å². The summed E-state index contributed by atoms with van der Waals surface area (Å²) in [6.07, 6.45) is 2.67. The summed E-state index contributed by atoms with van der Waals surface area (Å²) in [4.78, 5) is 0. The van der Waals surface area contributed by atoms with E-state index in [0.29, 0.717) is 6.61 Å². The fourth-order valence-corrected chi connectivity index (χ4v) is 1.56. The van der Waals surface area contributed by atoms with E-state index in [2.05, 4.69) is 38.7 Å². The van der Waals surface area contributed by atoms with Crippen molar-refractivity contribution in [3.8, 4) is 11.5 Å². The minimum atomic E-state index is 0.101. The highest BCUT2D eigenvalue weighted by molar-refractivity contribution is 5.43. The molecular formula is C16H25NO2. The molecule has 19 heavy (non-hydrogen) atoms. The van der Waals surface area contributed by atoms with E-state index in [1.807, 2.05) is 18.2 Å². The maximum Gasteiger partial charge on any atom is 0.161 e. The molecule has 0 aliphatic heterocycles. The van der Waals surface area contributed by atoms with Crippen LogP contribution in [0.25, 0.3) is 0 Å². The molecule has 0 aromatic heterocycles. The molecule has 0 fully saturated rings. The number of benzene rings is 1. The molecule has 1 rings (SSSR count). The molecular weight excluding hydrogens is 238 g/mol. The molecule has 0 saturated heterocycles. The quantitative estimate of drug-likeness (QED) is 0.603. The Morgan fingerprint density at radius 2 is 2.00 bits per heavy atom. The molecule has 1 aromatic rings. The second-order valence-corrected chi connectivity index (χ2v) is 5.51. The number of hydrogen-bond donors (Lipinski definition) is 1. The molecule has 1 N–H and O–H groups in total. The summed E-state index contributed by atoms with van der Waals surface area (Å²) in [5.74, 6) is 1.56. The van der Waals surface area contributed by atoms with Crippen molar-refractivity contribution >= 4 is 0 Å². The van der Waals surface area contributed by atoms with Crippen molar-refractivity contribution < 1.29 is 9.47 Å². The van der Waals surface area contributed by atoms with Crippen LogP contribution < -0.4 is 14.8 Å². The van der Waals surface area contributed by atoms with Crippen LogP contribution in [0.4, 0.5) is 0 Å². The Morgan fingerprint density at radius 3 is 2.58 bits per heavy atom. The third-order valence-corrected chi connectivity index (χ3v) is 2.63. The molecule has 3 heteroatoms. The van der Waals surface area contributed by atoms with E-state index >= 15 is 0 Å². The largest absolute Gasteiger partial charge is 0.493 e. The Hall–Kier alpha value is -1.48. The van der Waals surface area contributed by atoms with Crippen molar-refractivity contribution in [2.75, 3.05) is 13.7 Å². The van der Waals surface area contributed by atoms with Gasteiger partial charge in [-0.25, -0.2) is 0 Å². The molecule has 106 valence electrons. The predicted molar refractivity (Wildman–Crippen MR) is 79.9 cm³/mol. The summed E-state index contributed by atoms with van der Waals surface area (Å²) < 4.78 is 11.0. The maximum atomic E-state index is 5.72. The highest BCUT2D eigenvalue weighted by Gasteiger charge is 2.10. The Kier molecular flexibility index (Phi) is 5.90. The second kappa shape index (κ2) is 7.19. The molecule has 0 radical (unpaired) electrons. The highest BCUT2D eigenvalue weighted by atomic mass is 16.5. The van der Waals surface area contributed by atoms with Crippen LogP contribution in [0, 0.1) is 0 Å². The Bertz CT molecular complexity index is 408. The summed E-state index contributed by atoms with van der Waals surface area (Å²) >= 11 is 0. The zero-order valence-corrected chi connectivity index (χ0v) is 12.5. The van der Waals surface area contributed by atoms with E-state index in [-0.39, 0.29) is 5.54 Å². The molecule has 0 atom stereocenters. The molecule has 0 aliphatic carbocycles. The molecule has 0 bridgehead atoms. The SMILES string of the molecule is C=CCCOc1cc(CNC(C)(C)C)ccc1OC. The van der Waals surface area contributed by atoms with Crippen molar-refractivity contribution in [3.05, 3.63) is 36.4 Å². The molecule has 0 saturated carbocycles. The van der Waals surface area contributed by atoms with Crippen LogP contribution in [-0.2, 0) is 6.54 Å². The van der Waals surface area contributed by atoms with Gasteiger partial charge in [-0.05, 0) is 44.9 Å². The van der Waals surface area contributed by atoms with Gasteiger partial charge in [0.05, 0.1) is 13.7 Å². The molecule has 0 aliphatic rings. The minimum Gasteiger partial charge on any atom is -0.493 e. The lowest BCUT2D eigenvalue weighted by Gasteiger charge is -2.21. The smallest absolute Gasteiger partial charge is 0.161 e. The zero-order valence-electron chi connectivity index (χ0n) is 12.5. The van der Waals surface area contributed by atoms with Gasteiger partial charge < -0.3 is 14.8 Å². The lowest BCUT2D eigenvalue weighted by atomic mass is 10.1. The summed E-state index contributed by atoms with van der Waals surface area (Å²) in [5.41, 5.74) is 1.29. The maximum absolute atomic E-state index is 5.72. The van der Waals surface area contributed by atoms with Gasteiger partial charge in [0, 0.05) is 12.1 Å². The monoisotopic (exact) mass is 263 g/mol. The van der Waals surface area contributed by atoms with Crippen molar-refractivity contribution in [3.63, 3.8) is 0 Å². The lowest BCUT2D eigenvalue weighted by molar-refractivity contribution is 0.299. The van der Waals surface area contributed by atoms with Crippen molar-refractivity contribution in [2.24, 2.45) is 0 Å². The van der Waals surface area contributed by atoms with Crippen LogP contribution in [0.1, 0.15) is 32.8 Å². The Morgan fingerprint density at radius 1 is 1.26 bits per heavy atom. The molecule has 0 heterocycles. The molecule has 3 nitrogen and oxygen atoms in total. The van der Waals surface area contributed by atoms with Gasteiger partial charge in [-0.1, -0.05) is 12.1 Å². The third-order valence-electron chi connectivity index (χ3n) is 2.63. The van der Waals surface area contributed by atoms with E-state index in [1.165, 1.54) is 5.56 Å². The van der Waals surface area contributed by atoms with Crippen molar-refractivity contribution in [1.82, 2.24) is 5.32 Å². The van der Waals surface area contributed by atoms with Gasteiger partial charge in [0.25, 0.3) is 0 Å². The first kappa shape index (κ1) is 15.6. The van der Waals surface area contributed by atoms with Crippen LogP contribution in [-0.4, -0.2) is 19.3 Å². The molecule has 0 amide bonds. The van der Waals surface area contributed by atoms with Gasteiger partial charge >= 0.3 is 0 Å². The average molecular weight is 263 g/mol. The fraction of sp³-hybridized carbons (Fsp3) is 0.500. The zero-order chi connectivity index (χ0) is 14.3. The van der Waals surface area contributed by atoms with Crippen LogP contribution in [0.2, 0.25) is 0 Å². The predicted octanol–water partition coefficient (Wildman–Crippen LogP) is 3.54. The second-order valence-electron chi connectivity index (χ2n) is 5.51. The van der Waals surface area contributed by atoms with Crippen LogP contribution in [0.3, 0.4) is 0 Å². The van der Waals surface area contributed by atoms with E-state index in [4.69, 9.17) is 9.47 Å². The van der Waals surface area contributed by atoms with Gasteiger partial charge in [-0.15, -0.1) is 6.58 Å². The Labute approximate surface area is 116 Å². The normalized spacial score (nSPS) is 11.2. The number of hydrogen-bond acceptors (Lipinski definition) is 3. The van der Waals surface area contributed by atoms with Crippen LogP contribution in [0.15, 0.2) is 30.9 Å². The Balaban J connectivity index is 2.73. The summed E-state index contributed by atoms with van der Waals surface area (Å²) in [5, 5.41) is 3.46. The highest BCUT2D eigenvalue weighted by Crippen LogP contribution is 2.28. The minimum absolute atomic E-state index is 0.101. The van der Waals surface area contributed by atoms with E-state index < -0.39 is 0 Å². The number of rotatable bonds is 7.